The normalized spacial score (nSPS) is 17.7. The maximum absolute atomic E-state index is 11.9. The van der Waals surface area contributed by atoms with E-state index in [1.165, 1.54) is 6.26 Å². The third kappa shape index (κ3) is 5.52. The average molecular weight is 381 g/mol. The van der Waals surface area contributed by atoms with Crippen molar-refractivity contribution in [1.29, 1.82) is 0 Å². The highest BCUT2D eigenvalue weighted by Gasteiger charge is 2.33. The van der Waals surface area contributed by atoms with Gasteiger partial charge in [-0.25, -0.2) is 0 Å². The maximum Gasteiger partial charge on any atom is 0.260 e. The lowest BCUT2D eigenvalue weighted by Gasteiger charge is -2.39. The first-order valence-corrected chi connectivity index (χ1v) is 9.15. The summed E-state index contributed by atoms with van der Waals surface area (Å²) in [5.41, 5.74) is 0.899. The van der Waals surface area contributed by atoms with Gasteiger partial charge in [0, 0.05) is 35.9 Å². The van der Waals surface area contributed by atoms with Gasteiger partial charge in [-0.2, -0.15) is 0 Å². The van der Waals surface area contributed by atoms with Gasteiger partial charge >= 0.3 is 0 Å². The van der Waals surface area contributed by atoms with Crippen molar-refractivity contribution in [1.82, 2.24) is 10.2 Å². The third-order valence-electron chi connectivity index (χ3n) is 3.12. The van der Waals surface area contributed by atoms with Gasteiger partial charge in [-0.05, 0) is 36.2 Å². The number of carbonyl (C=O) groups is 2. The van der Waals surface area contributed by atoms with Gasteiger partial charge in [-0.1, -0.05) is 5.57 Å². The molecule has 0 spiro atoms. The summed E-state index contributed by atoms with van der Waals surface area (Å²) in [6.45, 7) is 4.54. The molecule has 8 heteroatoms. The highest BCUT2D eigenvalue weighted by atomic mass is 79.9. The molecule has 21 heavy (non-hydrogen) atoms. The fourth-order valence-electron chi connectivity index (χ4n) is 1.79. The van der Waals surface area contributed by atoms with E-state index in [9.17, 15) is 18.9 Å². The highest BCUT2D eigenvalue weighted by Crippen LogP contribution is 2.19. The van der Waals surface area contributed by atoms with Crippen molar-refractivity contribution in [2.75, 3.05) is 25.1 Å². The van der Waals surface area contributed by atoms with E-state index in [4.69, 9.17) is 0 Å². The van der Waals surface area contributed by atoms with Crippen molar-refractivity contribution in [2.45, 2.75) is 32.4 Å². The molecule has 1 heterocycles. The molecule has 0 saturated carbocycles. The third-order valence-corrected chi connectivity index (χ3v) is 5.07. The van der Waals surface area contributed by atoms with Crippen LogP contribution in [-0.4, -0.2) is 63.3 Å². The number of carbonyl (C=O) groups excluding carboxylic acids is 2. The average Bonchev–Trinajstić information content (AvgIpc) is 2.37. The van der Waals surface area contributed by atoms with Gasteiger partial charge < -0.3 is 15.3 Å². The Labute approximate surface area is 135 Å². The van der Waals surface area contributed by atoms with Crippen molar-refractivity contribution in [3.63, 3.8) is 0 Å². The van der Waals surface area contributed by atoms with E-state index in [0.717, 1.165) is 5.57 Å². The van der Waals surface area contributed by atoms with Crippen LogP contribution in [0, 0.1) is 0 Å². The Balaban J connectivity index is 2.35. The van der Waals surface area contributed by atoms with Crippen molar-refractivity contribution in [3.05, 3.63) is 10.1 Å². The molecule has 120 valence electrons. The zero-order valence-corrected chi connectivity index (χ0v) is 14.8. The summed E-state index contributed by atoms with van der Waals surface area (Å²) in [6, 6.07) is -0.138. The number of hydrogen-bond donors (Lipinski definition) is 2. The number of nitrogens with zero attached hydrogens (tertiary/aromatic N) is 1. The molecule has 0 aliphatic carbocycles. The van der Waals surface area contributed by atoms with Gasteiger partial charge in [-0.15, -0.1) is 0 Å². The molecule has 0 aromatic heterocycles. The fraction of sp³-hybridized carbons (Fsp3) is 0.692. The number of aliphatic hydroxyl groups is 1. The molecule has 0 aromatic rings. The number of hydrogen-bond acceptors (Lipinski definition) is 4. The van der Waals surface area contributed by atoms with Crippen LogP contribution in [0.1, 0.15) is 20.3 Å². The van der Waals surface area contributed by atoms with Crippen LogP contribution in [0.2, 0.25) is 0 Å². The molecule has 2 atom stereocenters. The second-order valence-electron chi connectivity index (χ2n) is 5.31. The van der Waals surface area contributed by atoms with Crippen molar-refractivity contribution in [2.24, 2.45) is 0 Å². The van der Waals surface area contributed by atoms with Crippen LogP contribution in [0.5, 0.6) is 0 Å². The number of rotatable bonds is 6. The minimum absolute atomic E-state index is 0.0950. The summed E-state index contributed by atoms with van der Waals surface area (Å²) < 4.78 is 11.5. The van der Waals surface area contributed by atoms with Crippen molar-refractivity contribution >= 4 is 38.5 Å². The Morgan fingerprint density at radius 2 is 2.00 bits per heavy atom. The number of aliphatic hydroxyl groups excluding tert-OH is 1. The maximum atomic E-state index is 11.9. The molecule has 6 nitrogen and oxygen atoms in total. The predicted molar refractivity (Wildman–Crippen MR) is 85.4 cm³/mol. The zero-order chi connectivity index (χ0) is 16.2. The lowest BCUT2D eigenvalue weighted by atomic mass is 10.1. The zero-order valence-electron chi connectivity index (χ0n) is 12.4. The monoisotopic (exact) mass is 380 g/mol. The molecule has 1 aliphatic heterocycles. The van der Waals surface area contributed by atoms with Gasteiger partial charge in [0.15, 0.2) is 0 Å². The SMILES string of the molecule is CC(C)=C(Br)C(=O)N1CC(NC(=O)C(O)CCS(C)=O)C1. The van der Waals surface area contributed by atoms with E-state index < -0.39 is 22.8 Å². The molecule has 1 aliphatic rings. The van der Waals surface area contributed by atoms with Gasteiger partial charge in [-0.3, -0.25) is 13.8 Å². The second kappa shape index (κ2) is 8.05. The fourth-order valence-corrected chi connectivity index (χ4v) is 2.60. The first kappa shape index (κ1) is 18.3. The summed E-state index contributed by atoms with van der Waals surface area (Å²) >= 11 is 3.24. The summed E-state index contributed by atoms with van der Waals surface area (Å²) in [4.78, 5) is 25.3. The number of halogens is 1. The molecule has 1 saturated heterocycles. The first-order valence-electron chi connectivity index (χ1n) is 6.63. The number of allylic oxidation sites excluding steroid dienone is 1. The molecule has 0 radical (unpaired) electrons. The van der Waals surface area contributed by atoms with Crippen molar-refractivity contribution < 1.29 is 18.9 Å². The van der Waals surface area contributed by atoms with E-state index in [0.29, 0.717) is 17.6 Å². The summed E-state index contributed by atoms with van der Waals surface area (Å²) in [5.74, 6) is -0.279. The van der Waals surface area contributed by atoms with Crippen LogP contribution in [0.25, 0.3) is 0 Å². The van der Waals surface area contributed by atoms with Crippen LogP contribution in [0.3, 0.4) is 0 Å². The molecule has 1 rings (SSSR count). The number of amides is 2. The highest BCUT2D eigenvalue weighted by molar-refractivity contribution is 9.12. The molecule has 2 amide bonds. The topological polar surface area (TPSA) is 86.7 Å². The van der Waals surface area contributed by atoms with Crippen LogP contribution in [-0.2, 0) is 20.4 Å². The lowest BCUT2D eigenvalue weighted by Crippen LogP contribution is -2.62. The summed E-state index contributed by atoms with van der Waals surface area (Å²) in [5, 5.41) is 12.3. The Kier molecular flexibility index (Phi) is 7.02. The van der Waals surface area contributed by atoms with Gasteiger partial charge in [0.05, 0.1) is 10.5 Å². The van der Waals surface area contributed by atoms with E-state index in [1.54, 1.807) is 4.90 Å². The second-order valence-corrected chi connectivity index (χ2v) is 7.66. The number of likely N-dealkylation sites (tertiary alicyclic amines) is 1. The molecule has 0 bridgehead atoms. The first-order chi connectivity index (χ1) is 9.72. The molecular formula is C13H21BrN2O4S. The van der Waals surface area contributed by atoms with Gasteiger partial charge in [0.2, 0.25) is 5.91 Å². The van der Waals surface area contributed by atoms with Crippen LogP contribution >= 0.6 is 15.9 Å². The standard InChI is InChI=1S/C13H21BrN2O4S/c1-8(2)11(14)13(19)16-6-9(7-16)15-12(18)10(17)4-5-21(3)20/h9-10,17H,4-7H2,1-3H3,(H,15,18). The van der Waals surface area contributed by atoms with Gasteiger partial charge in [0.25, 0.3) is 5.91 Å². The molecule has 0 aromatic carbocycles. The Morgan fingerprint density at radius 1 is 1.43 bits per heavy atom. The largest absolute Gasteiger partial charge is 0.383 e. The smallest absolute Gasteiger partial charge is 0.260 e. The van der Waals surface area contributed by atoms with Gasteiger partial charge in [0.1, 0.15) is 6.10 Å². The summed E-state index contributed by atoms with van der Waals surface area (Å²) in [6.07, 6.45) is 0.553. The summed E-state index contributed by atoms with van der Waals surface area (Å²) in [7, 11) is -1.03. The number of nitrogens with one attached hydrogen (secondary N) is 1. The Bertz CT molecular complexity index is 471. The van der Waals surface area contributed by atoms with Crippen molar-refractivity contribution in [3.8, 4) is 0 Å². The van der Waals surface area contributed by atoms with Crippen LogP contribution < -0.4 is 5.32 Å². The van der Waals surface area contributed by atoms with E-state index in [2.05, 4.69) is 21.2 Å². The predicted octanol–water partition coefficient (Wildman–Crippen LogP) is 0.132. The lowest BCUT2D eigenvalue weighted by molar-refractivity contribution is -0.136. The van der Waals surface area contributed by atoms with E-state index in [1.807, 2.05) is 13.8 Å². The molecule has 2 N–H and O–H groups in total. The molecule has 2 unspecified atom stereocenters. The quantitative estimate of drug-likeness (QED) is 0.641. The van der Waals surface area contributed by atoms with Crippen LogP contribution in [0.4, 0.5) is 0 Å². The Morgan fingerprint density at radius 3 is 2.48 bits per heavy atom. The van der Waals surface area contributed by atoms with E-state index in [-0.39, 0.29) is 24.1 Å². The van der Waals surface area contributed by atoms with Crippen LogP contribution in [0.15, 0.2) is 10.1 Å². The molecular weight excluding hydrogens is 360 g/mol. The molecule has 1 fully saturated rings. The minimum atomic E-state index is -1.15. The minimum Gasteiger partial charge on any atom is -0.383 e. The Hall–Kier alpha value is -0.730. The van der Waals surface area contributed by atoms with E-state index >= 15 is 0 Å².